The van der Waals surface area contributed by atoms with Gasteiger partial charge in [0.25, 0.3) is 5.91 Å². The van der Waals surface area contributed by atoms with Crippen LogP contribution in [0.3, 0.4) is 0 Å². The van der Waals surface area contributed by atoms with Crippen molar-refractivity contribution in [2.45, 2.75) is 25.8 Å². The number of aliphatic carboxylic acids is 1. The molecule has 1 heterocycles. The van der Waals surface area contributed by atoms with Crippen molar-refractivity contribution < 1.29 is 19.1 Å². The Kier molecular flexibility index (Phi) is 4.54. The molecule has 6 heteroatoms. The van der Waals surface area contributed by atoms with Gasteiger partial charge in [-0.3, -0.25) is 4.79 Å². The van der Waals surface area contributed by atoms with Gasteiger partial charge < -0.3 is 14.8 Å². The highest BCUT2D eigenvalue weighted by atomic mass is 79.9. The maximum absolute atomic E-state index is 11.6. The monoisotopic (exact) mass is 289 g/mol. The predicted molar refractivity (Wildman–Crippen MR) is 60.2 cm³/mol. The van der Waals surface area contributed by atoms with Crippen LogP contribution in [-0.4, -0.2) is 23.0 Å². The van der Waals surface area contributed by atoms with Crippen molar-refractivity contribution in [1.82, 2.24) is 5.32 Å². The van der Waals surface area contributed by atoms with Crippen LogP contribution < -0.4 is 5.32 Å². The van der Waals surface area contributed by atoms with E-state index in [0.29, 0.717) is 17.5 Å². The molecule has 0 aliphatic rings. The molecule has 0 spiro atoms. The molecular weight excluding hydrogens is 278 g/mol. The van der Waals surface area contributed by atoms with E-state index in [1.807, 2.05) is 6.92 Å². The maximum atomic E-state index is 11.6. The molecule has 1 rings (SSSR count). The number of carbonyl (C=O) groups is 2. The Labute approximate surface area is 101 Å². The highest BCUT2D eigenvalue weighted by molar-refractivity contribution is 9.10. The standard InChI is InChI=1S/C10H12BrNO4/c1-2-3-6(10(14)15)12-9(13)7-4-5-8(11)16-7/h4-6H,2-3H2,1H3,(H,12,13)(H,14,15)/t6-/m0/s1. The first-order valence-electron chi connectivity index (χ1n) is 4.83. The minimum atomic E-state index is -1.04. The van der Waals surface area contributed by atoms with Crippen molar-refractivity contribution >= 4 is 27.8 Å². The Bertz CT molecular complexity index is 388. The number of carboxylic acid groups (broad SMARTS) is 1. The summed E-state index contributed by atoms with van der Waals surface area (Å²) >= 11 is 3.06. The normalized spacial score (nSPS) is 12.1. The van der Waals surface area contributed by atoms with E-state index in [1.165, 1.54) is 6.07 Å². The molecule has 88 valence electrons. The number of rotatable bonds is 5. The second-order valence-electron chi connectivity index (χ2n) is 3.26. The molecule has 1 aromatic rings. The lowest BCUT2D eigenvalue weighted by atomic mass is 10.1. The van der Waals surface area contributed by atoms with Crippen molar-refractivity contribution in [3.05, 3.63) is 22.6 Å². The lowest BCUT2D eigenvalue weighted by molar-refractivity contribution is -0.139. The van der Waals surface area contributed by atoms with Gasteiger partial charge in [-0.05, 0) is 34.5 Å². The van der Waals surface area contributed by atoms with Crippen LogP contribution in [0.5, 0.6) is 0 Å². The molecule has 0 aromatic carbocycles. The quantitative estimate of drug-likeness (QED) is 0.869. The van der Waals surface area contributed by atoms with Crippen LogP contribution in [0.15, 0.2) is 21.2 Å². The van der Waals surface area contributed by atoms with E-state index in [-0.39, 0.29) is 5.76 Å². The van der Waals surface area contributed by atoms with E-state index in [2.05, 4.69) is 21.2 Å². The van der Waals surface area contributed by atoms with Gasteiger partial charge in [0, 0.05) is 0 Å². The van der Waals surface area contributed by atoms with Gasteiger partial charge in [0.1, 0.15) is 6.04 Å². The summed E-state index contributed by atoms with van der Waals surface area (Å²) in [5.41, 5.74) is 0. The zero-order valence-corrected chi connectivity index (χ0v) is 10.3. The fourth-order valence-corrected chi connectivity index (χ4v) is 1.52. The molecule has 16 heavy (non-hydrogen) atoms. The second-order valence-corrected chi connectivity index (χ2v) is 4.04. The van der Waals surface area contributed by atoms with Crippen molar-refractivity contribution in [3.8, 4) is 0 Å². The zero-order chi connectivity index (χ0) is 12.1. The number of halogens is 1. The van der Waals surface area contributed by atoms with Gasteiger partial charge >= 0.3 is 5.97 Å². The van der Waals surface area contributed by atoms with Gasteiger partial charge in [-0.25, -0.2) is 4.79 Å². The molecule has 0 radical (unpaired) electrons. The molecule has 1 atom stereocenters. The average molecular weight is 290 g/mol. The molecule has 5 nitrogen and oxygen atoms in total. The Hall–Kier alpha value is -1.30. The van der Waals surface area contributed by atoms with Gasteiger partial charge in [-0.1, -0.05) is 13.3 Å². The van der Waals surface area contributed by atoms with E-state index in [4.69, 9.17) is 9.52 Å². The Balaban J connectivity index is 2.65. The predicted octanol–water partition coefficient (Wildman–Crippen LogP) is 2.03. The van der Waals surface area contributed by atoms with Gasteiger partial charge in [-0.2, -0.15) is 0 Å². The van der Waals surface area contributed by atoms with Gasteiger partial charge in [0.15, 0.2) is 10.4 Å². The first-order valence-corrected chi connectivity index (χ1v) is 5.63. The Morgan fingerprint density at radius 2 is 2.25 bits per heavy atom. The van der Waals surface area contributed by atoms with E-state index in [0.717, 1.165) is 0 Å². The maximum Gasteiger partial charge on any atom is 0.326 e. The Morgan fingerprint density at radius 1 is 1.56 bits per heavy atom. The number of hydrogen-bond acceptors (Lipinski definition) is 3. The second kappa shape index (κ2) is 5.69. The number of furan rings is 1. The topological polar surface area (TPSA) is 79.5 Å². The fraction of sp³-hybridized carbons (Fsp3) is 0.400. The molecule has 0 unspecified atom stereocenters. The van der Waals surface area contributed by atoms with Crippen LogP contribution in [0.1, 0.15) is 30.3 Å². The summed E-state index contributed by atoms with van der Waals surface area (Å²) in [6.07, 6.45) is 1.07. The van der Waals surface area contributed by atoms with Crippen LogP contribution in [0.25, 0.3) is 0 Å². The largest absolute Gasteiger partial charge is 0.480 e. The van der Waals surface area contributed by atoms with E-state index in [9.17, 15) is 9.59 Å². The minimum Gasteiger partial charge on any atom is -0.480 e. The van der Waals surface area contributed by atoms with E-state index >= 15 is 0 Å². The number of carboxylic acids is 1. The van der Waals surface area contributed by atoms with Crippen LogP contribution in [0, 0.1) is 0 Å². The summed E-state index contributed by atoms with van der Waals surface area (Å²) in [5, 5.41) is 11.2. The first-order chi connectivity index (χ1) is 7.54. The molecule has 1 amide bonds. The zero-order valence-electron chi connectivity index (χ0n) is 8.70. The van der Waals surface area contributed by atoms with Crippen LogP contribution in [-0.2, 0) is 4.79 Å². The van der Waals surface area contributed by atoms with Crippen molar-refractivity contribution in [2.75, 3.05) is 0 Å². The van der Waals surface area contributed by atoms with Gasteiger partial charge in [-0.15, -0.1) is 0 Å². The highest BCUT2D eigenvalue weighted by Gasteiger charge is 2.21. The van der Waals surface area contributed by atoms with Gasteiger partial charge in [0.05, 0.1) is 0 Å². The third kappa shape index (κ3) is 3.37. The third-order valence-electron chi connectivity index (χ3n) is 1.98. The summed E-state index contributed by atoms with van der Waals surface area (Å²) in [6.45, 7) is 1.85. The third-order valence-corrected chi connectivity index (χ3v) is 2.40. The SMILES string of the molecule is CCC[C@H](NC(=O)c1ccc(Br)o1)C(=O)O. The smallest absolute Gasteiger partial charge is 0.326 e. The number of hydrogen-bond donors (Lipinski definition) is 2. The van der Waals surface area contributed by atoms with Crippen molar-refractivity contribution in [1.29, 1.82) is 0 Å². The van der Waals surface area contributed by atoms with Crippen LogP contribution >= 0.6 is 15.9 Å². The summed E-state index contributed by atoms with van der Waals surface area (Å²) in [6, 6.07) is 2.18. The molecule has 2 N–H and O–H groups in total. The van der Waals surface area contributed by atoms with Crippen molar-refractivity contribution in [2.24, 2.45) is 0 Å². The summed E-state index contributed by atoms with van der Waals surface area (Å²) in [7, 11) is 0. The lowest BCUT2D eigenvalue weighted by Gasteiger charge is -2.11. The van der Waals surface area contributed by atoms with Gasteiger partial charge in [0.2, 0.25) is 0 Å². The summed E-state index contributed by atoms with van der Waals surface area (Å²) < 4.78 is 5.45. The fourth-order valence-electron chi connectivity index (χ4n) is 1.21. The molecule has 0 saturated heterocycles. The van der Waals surface area contributed by atoms with E-state index < -0.39 is 17.9 Å². The van der Waals surface area contributed by atoms with Crippen LogP contribution in [0.2, 0.25) is 0 Å². The average Bonchev–Trinajstić information content (AvgIpc) is 2.64. The highest BCUT2D eigenvalue weighted by Crippen LogP contribution is 2.14. The molecule has 0 aliphatic carbocycles. The lowest BCUT2D eigenvalue weighted by Crippen LogP contribution is -2.40. The minimum absolute atomic E-state index is 0.0919. The molecule has 1 aromatic heterocycles. The molecule has 0 bridgehead atoms. The summed E-state index contributed by atoms with van der Waals surface area (Å²) in [4.78, 5) is 22.4. The number of amides is 1. The summed E-state index contributed by atoms with van der Waals surface area (Å²) in [5.74, 6) is -1.47. The molecule has 0 fully saturated rings. The number of carbonyl (C=O) groups excluding carboxylic acids is 1. The molecular formula is C10H12BrNO4. The Morgan fingerprint density at radius 3 is 2.69 bits per heavy atom. The van der Waals surface area contributed by atoms with E-state index in [1.54, 1.807) is 6.07 Å². The van der Waals surface area contributed by atoms with Crippen LogP contribution in [0.4, 0.5) is 0 Å². The molecule has 0 aliphatic heterocycles. The van der Waals surface area contributed by atoms with Crippen molar-refractivity contribution in [3.63, 3.8) is 0 Å². The molecule has 0 saturated carbocycles. The first kappa shape index (κ1) is 12.8. The number of nitrogens with one attached hydrogen (secondary N) is 1.